The van der Waals surface area contributed by atoms with E-state index in [4.69, 9.17) is 11.5 Å². The van der Waals surface area contributed by atoms with Crippen molar-refractivity contribution in [3.63, 3.8) is 0 Å². The Balaban J connectivity index is 0.00000144. The highest BCUT2D eigenvalue weighted by molar-refractivity contribution is 6.03. The van der Waals surface area contributed by atoms with Crippen molar-refractivity contribution in [2.45, 2.75) is 18.4 Å². The summed E-state index contributed by atoms with van der Waals surface area (Å²) in [5, 5.41) is 2.75. The van der Waals surface area contributed by atoms with Crippen LogP contribution in [0.2, 0.25) is 0 Å². The van der Waals surface area contributed by atoms with Gasteiger partial charge in [0.1, 0.15) is 0 Å². The Labute approximate surface area is 105 Å². The smallest absolute Gasteiger partial charge is 0.234 e. The molecule has 0 fully saturated rings. The predicted molar refractivity (Wildman–Crippen MR) is 66.8 cm³/mol. The fourth-order valence-corrected chi connectivity index (χ4v) is 1.88. The molecule has 1 aliphatic heterocycles. The average Bonchev–Trinajstić information content (AvgIpc) is 2.55. The van der Waals surface area contributed by atoms with Gasteiger partial charge in [0.05, 0.1) is 12.0 Å². The number of rotatable bonds is 3. The summed E-state index contributed by atoms with van der Waals surface area (Å²) < 4.78 is 0. The molecule has 2 amide bonds. The van der Waals surface area contributed by atoms with Crippen LogP contribution in [0, 0.1) is 0 Å². The van der Waals surface area contributed by atoms with E-state index < -0.39 is 11.9 Å². The first-order chi connectivity index (χ1) is 7.59. The molecule has 92 valence electrons. The molecule has 0 aliphatic carbocycles. The van der Waals surface area contributed by atoms with Crippen LogP contribution in [-0.4, -0.2) is 17.9 Å². The van der Waals surface area contributed by atoms with Gasteiger partial charge in [0.15, 0.2) is 0 Å². The minimum atomic E-state index is -0.790. The Kier molecular flexibility index (Phi) is 4.09. The number of amides is 2. The quantitative estimate of drug-likeness (QED) is 0.727. The Morgan fingerprint density at radius 2 is 2.06 bits per heavy atom. The molecule has 17 heavy (non-hydrogen) atoms. The molecule has 6 heteroatoms. The number of hydrogen-bond acceptors (Lipinski definition) is 3. The Bertz CT molecular complexity index is 450. The van der Waals surface area contributed by atoms with E-state index in [0.29, 0.717) is 0 Å². The molecule has 1 aromatic carbocycles. The van der Waals surface area contributed by atoms with Crippen LogP contribution in [0.1, 0.15) is 17.9 Å². The molecule has 0 bridgehead atoms. The van der Waals surface area contributed by atoms with Crippen molar-refractivity contribution in [1.82, 2.24) is 0 Å². The second-order valence-electron chi connectivity index (χ2n) is 3.87. The average molecular weight is 256 g/mol. The lowest BCUT2D eigenvalue weighted by Gasteiger charge is -2.12. The van der Waals surface area contributed by atoms with Crippen molar-refractivity contribution in [3.05, 3.63) is 29.8 Å². The van der Waals surface area contributed by atoms with E-state index in [1.165, 1.54) is 0 Å². The van der Waals surface area contributed by atoms with Crippen LogP contribution in [0.4, 0.5) is 5.69 Å². The highest BCUT2D eigenvalue weighted by Crippen LogP contribution is 2.34. The standard InChI is InChI=1S/C11H13N3O2.ClH/c12-8(10(13)15)5-7-6-3-1-2-4-9(6)14-11(7)16;/h1-4,7-8H,5,12H2,(H2,13,15)(H,14,16);1H/t7?,8-;/m0./s1. The number of carbonyl (C=O) groups excluding carboxylic acids is 2. The van der Waals surface area contributed by atoms with Crippen molar-refractivity contribution in [3.8, 4) is 0 Å². The van der Waals surface area contributed by atoms with E-state index in [1.54, 1.807) is 0 Å². The molecule has 0 spiro atoms. The van der Waals surface area contributed by atoms with E-state index in [-0.39, 0.29) is 30.7 Å². The molecule has 1 aromatic rings. The lowest BCUT2D eigenvalue weighted by atomic mass is 9.93. The van der Waals surface area contributed by atoms with Gasteiger partial charge in [-0.15, -0.1) is 12.4 Å². The molecule has 5 nitrogen and oxygen atoms in total. The molecule has 0 aromatic heterocycles. The molecule has 0 saturated carbocycles. The zero-order valence-electron chi connectivity index (χ0n) is 9.05. The molecular formula is C11H14ClN3O2. The molecule has 1 unspecified atom stereocenters. The van der Waals surface area contributed by atoms with E-state index in [9.17, 15) is 9.59 Å². The molecular weight excluding hydrogens is 242 g/mol. The number of nitrogens with one attached hydrogen (secondary N) is 1. The van der Waals surface area contributed by atoms with Crippen LogP contribution in [0.25, 0.3) is 0 Å². The van der Waals surface area contributed by atoms with Gasteiger partial charge in [-0.05, 0) is 18.1 Å². The Morgan fingerprint density at radius 1 is 1.41 bits per heavy atom. The maximum Gasteiger partial charge on any atom is 0.234 e. The summed E-state index contributed by atoms with van der Waals surface area (Å²) in [5.41, 5.74) is 12.3. The number of anilines is 1. The summed E-state index contributed by atoms with van der Waals surface area (Å²) in [7, 11) is 0. The van der Waals surface area contributed by atoms with Gasteiger partial charge in [-0.1, -0.05) is 18.2 Å². The van der Waals surface area contributed by atoms with E-state index >= 15 is 0 Å². The first-order valence-electron chi connectivity index (χ1n) is 5.04. The highest BCUT2D eigenvalue weighted by atomic mass is 35.5. The number of halogens is 1. The molecule has 5 N–H and O–H groups in total. The zero-order chi connectivity index (χ0) is 11.7. The third kappa shape index (κ3) is 2.57. The maximum atomic E-state index is 11.7. The minimum absolute atomic E-state index is 0. The maximum absolute atomic E-state index is 11.7. The van der Waals surface area contributed by atoms with Crippen molar-refractivity contribution in [2.24, 2.45) is 11.5 Å². The van der Waals surface area contributed by atoms with Gasteiger partial charge in [0.25, 0.3) is 0 Å². The van der Waals surface area contributed by atoms with Gasteiger partial charge in [-0.25, -0.2) is 0 Å². The van der Waals surface area contributed by atoms with Crippen LogP contribution in [0.15, 0.2) is 24.3 Å². The molecule has 0 saturated heterocycles. The summed E-state index contributed by atoms with van der Waals surface area (Å²) in [6.45, 7) is 0. The van der Waals surface area contributed by atoms with Crippen LogP contribution in [0.5, 0.6) is 0 Å². The van der Waals surface area contributed by atoms with Crippen molar-refractivity contribution in [1.29, 1.82) is 0 Å². The number of fused-ring (bicyclic) bond motifs is 1. The van der Waals surface area contributed by atoms with Crippen molar-refractivity contribution >= 4 is 29.9 Å². The Morgan fingerprint density at radius 3 is 2.71 bits per heavy atom. The fourth-order valence-electron chi connectivity index (χ4n) is 1.88. The number of nitrogens with two attached hydrogens (primary N) is 2. The predicted octanol–water partition coefficient (Wildman–Crippen LogP) is 0.347. The lowest BCUT2D eigenvalue weighted by Crippen LogP contribution is -2.38. The third-order valence-corrected chi connectivity index (χ3v) is 2.77. The largest absolute Gasteiger partial charge is 0.368 e. The van der Waals surface area contributed by atoms with E-state index in [2.05, 4.69) is 5.32 Å². The molecule has 1 heterocycles. The van der Waals surface area contributed by atoms with E-state index in [0.717, 1.165) is 11.3 Å². The van der Waals surface area contributed by atoms with Crippen LogP contribution < -0.4 is 16.8 Å². The topological polar surface area (TPSA) is 98.2 Å². The molecule has 2 atom stereocenters. The van der Waals surface area contributed by atoms with Gasteiger partial charge in [-0.2, -0.15) is 0 Å². The van der Waals surface area contributed by atoms with Gasteiger partial charge >= 0.3 is 0 Å². The third-order valence-electron chi connectivity index (χ3n) is 2.77. The van der Waals surface area contributed by atoms with Gasteiger partial charge in [-0.3, -0.25) is 9.59 Å². The molecule has 1 aliphatic rings. The van der Waals surface area contributed by atoms with Gasteiger partial charge < -0.3 is 16.8 Å². The van der Waals surface area contributed by atoms with Crippen molar-refractivity contribution < 1.29 is 9.59 Å². The first-order valence-corrected chi connectivity index (χ1v) is 5.04. The number of carbonyl (C=O) groups is 2. The summed E-state index contributed by atoms with van der Waals surface area (Å²) in [5.74, 6) is -1.09. The highest BCUT2D eigenvalue weighted by Gasteiger charge is 2.32. The zero-order valence-corrected chi connectivity index (χ0v) is 9.87. The second-order valence-corrected chi connectivity index (χ2v) is 3.87. The normalized spacial score (nSPS) is 18.9. The molecule has 0 radical (unpaired) electrons. The van der Waals surface area contributed by atoms with Gasteiger partial charge in [0.2, 0.25) is 11.8 Å². The number of hydrogen-bond donors (Lipinski definition) is 3. The van der Waals surface area contributed by atoms with E-state index in [1.807, 2.05) is 24.3 Å². The molecule has 2 rings (SSSR count). The summed E-state index contributed by atoms with van der Waals surface area (Å²) in [4.78, 5) is 22.5. The van der Waals surface area contributed by atoms with Crippen molar-refractivity contribution in [2.75, 3.05) is 5.32 Å². The second kappa shape index (κ2) is 5.16. The van der Waals surface area contributed by atoms with Gasteiger partial charge in [0, 0.05) is 5.69 Å². The summed E-state index contributed by atoms with van der Waals surface area (Å²) in [6.07, 6.45) is 0.248. The van der Waals surface area contributed by atoms with Crippen LogP contribution in [0.3, 0.4) is 0 Å². The monoisotopic (exact) mass is 255 g/mol. The summed E-state index contributed by atoms with van der Waals surface area (Å²) >= 11 is 0. The minimum Gasteiger partial charge on any atom is -0.368 e. The van der Waals surface area contributed by atoms with Crippen LogP contribution >= 0.6 is 12.4 Å². The lowest BCUT2D eigenvalue weighted by molar-refractivity contribution is -0.120. The first kappa shape index (κ1) is 13.5. The van der Waals surface area contributed by atoms with Crippen LogP contribution in [-0.2, 0) is 9.59 Å². The number of para-hydroxylation sites is 1. The number of benzene rings is 1. The SMILES string of the molecule is Cl.NC(=O)[C@@H](N)CC1C(=O)Nc2ccccc21. The number of primary amides is 1. The summed E-state index contributed by atoms with van der Waals surface area (Å²) in [6, 6.07) is 6.58. The fraction of sp³-hybridized carbons (Fsp3) is 0.273. The Hall–Kier alpha value is -1.59.